The van der Waals surface area contributed by atoms with Crippen molar-refractivity contribution in [2.24, 2.45) is 4.99 Å². The summed E-state index contributed by atoms with van der Waals surface area (Å²) < 4.78 is 5.36. The van der Waals surface area contributed by atoms with E-state index >= 15 is 0 Å². The van der Waals surface area contributed by atoms with Gasteiger partial charge in [-0.05, 0) is 43.4 Å². The Morgan fingerprint density at radius 3 is 2.70 bits per heavy atom. The van der Waals surface area contributed by atoms with Crippen molar-refractivity contribution in [3.63, 3.8) is 0 Å². The van der Waals surface area contributed by atoms with Crippen molar-refractivity contribution in [3.05, 3.63) is 46.5 Å². The van der Waals surface area contributed by atoms with Gasteiger partial charge in [0.25, 0.3) is 0 Å². The van der Waals surface area contributed by atoms with Gasteiger partial charge < -0.3 is 15.4 Å². The lowest BCUT2D eigenvalue weighted by atomic mass is 10.0. The quantitative estimate of drug-likeness (QED) is 0.445. The van der Waals surface area contributed by atoms with Crippen molar-refractivity contribution in [2.75, 3.05) is 39.9 Å². The third kappa shape index (κ3) is 6.83. The molecule has 6 heteroatoms. The smallest absolute Gasteiger partial charge is 0.191 e. The molecule has 0 atom stereocenters. The molecule has 0 bridgehead atoms. The van der Waals surface area contributed by atoms with Crippen molar-refractivity contribution >= 4 is 17.6 Å². The molecule has 1 aromatic carbocycles. The van der Waals surface area contributed by atoms with Crippen LogP contribution in [0.4, 0.5) is 0 Å². The largest absolute Gasteiger partial charge is 0.377 e. The van der Waals surface area contributed by atoms with Gasteiger partial charge in [-0.15, -0.1) is 0 Å². The van der Waals surface area contributed by atoms with Crippen LogP contribution in [0.5, 0.6) is 0 Å². The van der Waals surface area contributed by atoms with Crippen LogP contribution in [0, 0.1) is 0 Å². The fourth-order valence-corrected chi connectivity index (χ4v) is 3.73. The summed E-state index contributed by atoms with van der Waals surface area (Å²) in [6.07, 6.45) is 6.59. The van der Waals surface area contributed by atoms with Gasteiger partial charge in [-0.1, -0.05) is 35.4 Å². The lowest BCUT2D eigenvalue weighted by molar-refractivity contribution is 0.153. The minimum atomic E-state index is 0.486. The topological polar surface area (TPSA) is 48.9 Å². The van der Waals surface area contributed by atoms with E-state index in [1.807, 2.05) is 19.2 Å². The molecule has 1 aromatic rings. The van der Waals surface area contributed by atoms with Crippen LogP contribution in [0.3, 0.4) is 0 Å². The number of nitrogens with zero attached hydrogens (tertiary/aromatic N) is 2. The van der Waals surface area contributed by atoms with E-state index in [1.54, 1.807) is 0 Å². The molecule has 5 nitrogen and oxygen atoms in total. The van der Waals surface area contributed by atoms with Crippen LogP contribution in [0.1, 0.15) is 31.2 Å². The predicted molar refractivity (Wildman–Crippen MR) is 112 cm³/mol. The molecular formula is C21H31ClN4O. The highest BCUT2D eigenvalue weighted by Crippen LogP contribution is 2.16. The minimum Gasteiger partial charge on any atom is -0.377 e. The molecule has 0 amide bonds. The van der Waals surface area contributed by atoms with Gasteiger partial charge in [-0.25, -0.2) is 0 Å². The van der Waals surface area contributed by atoms with Crippen LogP contribution in [0.2, 0.25) is 5.02 Å². The molecule has 1 fully saturated rings. The maximum absolute atomic E-state index is 5.97. The molecule has 0 saturated carbocycles. The summed E-state index contributed by atoms with van der Waals surface area (Å²) in [5.41, 5.74) is 2.81. The van der Waals surface area contributed by atoms with Gasteiger partial charge in [0.1, 0.15) is 0 Å². The van der Waals surface area contributed by atoms with Crippen LogP contribution in [0.15, 0.2) is 40.9 Å². The van der Waals surface area contributed by atoms with E-state index < -0.39 is 0 Å². The standard InChI is InChI=1S/C21H31ClN4O/c1-23-21(24-11-6-17-9-14-27-15-10-17)25-20-7-12-26(13-8-20)16-18-2-4-19(22)5-3-18/h2-5,9,20H,6-8,10-16H2,1H3,(H2,23,24,25). The average Bonchev–Trinajstić information content (AvgIpc) is 2.71. The first-order chi connectivity index (χ1) is 13.2. The van der Waals surface area contributed by atoms with Crippen molar-refractivity contribution in [1.29, 1.82) is 0 Å². The molecule has 2 aliphatic heterocycles. The van der Waals surface area contributed by atoms with E-state index in [-0.39, 0.29) is 0 Å². The van der Waals surface area contributed by atoms with Gasteiger partial charge in [-0.3, -0.25) is 9.89 Å². The number of ether oxygens (including phenoxy) is 1. The highest BCUT2D eigenvalue weighted by molar-refractivity contribution is 6.30. The second-order valence-electron chi connectivity index (χ2n) is 7.26. The molecule has 0 radical (unpaired) electrons. The molecule has 2 heterocycles. The minimum absolute atomic E-state index is 0.486. The SMILES string of the molecule is CN=C(NCCC1=CCOCC1)NC1CCN(Cc2ccc(Cl)cc2)CC1. The normalized spacial score (nSPS) is 19.6. The molecule has 27 heavy (non-hydrogen) atoms. The van der Waals surface area contributed by atoms with Crippen LogP contribution in [-0.4, -0.2) is 56.8 Å². The second kappa shape index (κ2) is 10.7. The number of likely N-dealkylation sites (tertiary alicyclic amines) is 1. The van der Waals surface area contributed by atoms with E-state index in [1.165, 1.54) is 11.1 Å². The molecule has 2 N–H and O–H groups in total. The molecule has 3 rings (SSSR count). The summed E-state index contributed by atoms with van der Waals surface area (Å²) in [6, 6.07) is 8.66. The van der Waals surface area contributed by atoms with Gasteiger partial charge in [0, 0.05) is 44.3 Å². The molecule has 1 saturated heterocycles. The van der Waals surface area contributed by atoms with Crippen LogP contribution in [-0.2, 0) is 11.3 Å². The average molecular weight is 391 g/mol. The summed E-state index contributed by atoms with van der Waals surface area (Å²) in [6.45, 7) is 5.73. The Morgan fingerprint density at radius 2 is 2.04 bits per heavy atom. The zero-order valence-electron chi connectivity index (χ0n) is 16.2. The van der Waals surface area contributed by atoms with Crippen LogP contribution < -0.4 is 10.6 Å². The Morgan fingerprint density at radius 1 is 1.26 bits per heavy atom. The maximum atomic E-state index is 5.97. The Hall–Kier alpha value is -1.56. The summed E-state index contributed by atoms with van der Waals surface area (Å²) in [5, 5.41) is 7.84. The van der Waals surface area contributed by atoms with Crippen LogP contribution in [0.25, 0.3) is 0 Å². The first kappa shape index (κ1) is 20.2. The lowest BCUT2D eigenvalue weighted by Gasteiger charge is -2.33. The molecule has 2 aliphatic rings. The van der Waals surface area contributed by atoms with Crippen molar-refractivity contribution in [2.45, 2.75) is 38.3 Å². The summed E-state index contributed by atoms with van der Waals surface area (Å²) in [7, 11) is 1.85. The monoisotopic (exact) mass is 390 g/mol. The summed E-state index contributed by atoms with van der Waals surface area (Å²) >= 11 is 5.97. The van der Waals surface area contributed by atoms with Crippen molar-refractivity contribution in [3.8, 4) is 0 Å². The summed E-state index contributed by atoms with van der Waals surface area (Å²) in [4.78, 5) is 6.89. The molecule has 148 valence electrons. The Bertz CT molecular complexity index is 636. The van der Waals surface area contributed by atoms with Gasteiger partial charge >= 0.3 is 0 Å². The first-order valence-electron chi connectivity index (χ1n) is 9.92. The molecule has 0 aliphatic carbocycles. The van der Waals surface area contributed by atoms with Crippen LogP contribution >= 0.6 is 11.6 Å². The number of hydrogen-bond acceptors (Lipinski definition) is 3. The zero-order chi connectivity index (χ0) is 18.9. The lowest BCUT2D eigenvalue weighted by Crippen LogP contribution is -2.48. The van der Waals surface area contributed by atoms with Crippen molar-refractivity contribution in [1.82, 2.24) is 15.5 Å². The number of guanidine groups is 1. The van der Waals surface area contributed by atoms with E-state index in [9.17, 15) is 0 Å². The number of hydrogen-bond donors (Lipinski definition) is 2. The highest BCUT2D eigenvalue weighted by atomic mass is 35.5. The Balaban J connectivity index is 1.35. The predicted octanol–water partition coefficient (Wildman–Crippen LogP) is 3.21. The van der Waals surface area contributed by atoms with Crippen molar-refractivity contribution < 1.29 is 4.74 Å². The Labute approximate surface area is 167 Å². The van der Waals surface area contributed by atoms with Gasteiger partial charge in [0.15, 0.2) is 5.96 Å². The third-order valence-electron chi connectivity index (χ3n) is 5.27. The van der Waals surface area contributed by atoms with Gasteiger partial charge in [0.2, 0.25) is 0 Å². The van der Waals surface area contributed by atoms with E-state index in [0.29, 0.717) is 6.04 Å². The number of nitrogens with one attached hydrogen (secondary N) is 2. The number of piperidine rings is 1. The van der Waals surface area contributed by atoms with Gasteiger partial charge in [-0.2, -0.15) is 0 Å². The number of aliphatic imine (C=N–C) groups is 1. The molecule has 0 aromatic heterocycles. The van der Waals surface area contributed by atoms with Gasteiger partial charge in [0.05, 0.1) is 13.2 Å². The number of halogens is 1. The highest BCUT2D eigenvalue weighted by Gasteiger charge is 2.20. The fraction of sp³-hybridized carbons (Fsp3) is 0.571. The Kier molecular flexibility index (Phi) is 7.99. The second-order valence-corrected chi connectivity index (χ2v) is 7.69. The fourth-order valence-electron chi connectivity index (χ4n) is 3.61. The maximum Gasteiger partial charge on any atom is 0.191 e. The zero-order valence-corrected chi connectivity index (χ0v) is 17.0. The van der Waals surface area contributed by atoms with E-state index in [4.69, 9.17) is 16.3 Å². The summed E-state index contributed by atoms with van der Waals surface area (Å²) in [5.74, 6) is 0.916. The molecular weight excluding hydrogens is 360 g/mol. The first-order valence-corrected chi connectivity index (χ1v) is 10.3. The number of rotatable bonds is 6. The number of benzene rings is 1. The van der Waals surface area contributed by atoms with E-state index in [2.05, 4.69) is 38.7 Å². The van der Waals surface area contributed by atoms with E-state index in [0.717, 1.165) is 76.1 Å². The third-order valence-corrected chi connectivity index (χ3v) is 5.52. The molecule has 0 spiro atoms. The molecule has 0 unspecified atom stereocenters.